The Morgan fingerprint density at radius 2 is 1.96 bits per heavy atom. The number of piperidine rings is 1. The summed E-state index contributed by atoms with van der Waals surface area (Å²) in [6.45, 7) is 7.53. The van der Waals surface area contributed by atoms with Gasteiger partial charge in [0.15, 0.2) is 5.96 Å². The van der Waals surface area contributed by atoms with Crippen molar-refractivity contribution in [3.05, 3.63) is 35.9 Å². The molecule has 0 radical (unpaired) electrons. The fourth-order valence-corrected chi connectivity index (χ4v) is 3.70. The molecule has 1 aliphatic heterocycles. The minimum atomic E-state index is -0.197. The van der Waals surface area contributed by atoms with Crippen LogP contribution in [-0.4, -0.2) is 55.8 Å². The SMILES string of the molecule is CCNC(=NCC1CC1c1ccccc1)NC1CCN(C(=O)OCC)CC1. The number of nitrogens with zero attached hydrogens (tertiary/aromatic N) is 2. The van der Waals surface area contributed by atoms with E-state index in [2.05, 4.69) is 47.9 Å². The molecule has 6 nitrogen and oxygen atoms in total. The molecular weight excluding hydrogens is 340 g/mol. The minimum Gasteiger partial charge on any atom is -0.450 e. The Morgan fingerprint density at radius 3 is 2.63 bits per heavy atom. The number of carbonyl (C=O) groups is 1. The van der Waals surface area contributed by atoms with Crippen LogP contribution in [0.2, 0.25) is 0 Å². The molecule has 2 N–H and O–H groups in total. The zero-order valence-corrected chi connectivity index (χ0v) is 16.5. The first kappa shape index (κ1) is 19.5. The van der Waals surface area contributed by atoms with Crippen LogP contribution >= 0.6 is 0 Å². The van der Waals surface area contributed by atoms with Gasteiger partial charge in [0, 0.05) is 32.2 Å². The number of rotatable bonds is 6. The van der Waals surface area contributed by atoms with Gasteiger partial charge in [-0.3, -0.25) is 4.99 Å². The van der Waals surface area contributed by atoms with Gasteiger partial charge in [-0.2, -0.15) is 0 Å². The van der Waals surface area contributed by atoms with Gasteiger partial charge in [-0.05, 0) is 50.5 Å². The van der Waals surface area contributed by atoms with Crippen molar-refractivity contribution >= 4 is 12.1 Å². The minimum absolute atomic E-state index is 0.197. The van der Waals surface area contributed by atoms with Crippen molar-refractivity contribution in [1.29, 1.82) is 0 Å². The predicted octanol–water partition coefficient (Wildman–Crippen LogP) is 2.97. The summed E-state index contributed by atoms with van der Waals surface area (Å²) in [6.07, 6.45) is 2.86. The lowest BCUT2D eigenvalue weighted by Gasteiger charge is -2.32. The fourth-order valence-electron chi connectivity index (χ4n) is 3.70. The van der Waals surface area contributed by atoms with E-state index in [1.165, 1.54) is 12.0 Å². The Balaban J connectivity index is 1.46. The van der Waals surface area contributed by atoms with Gasteiger partial charge in [0.25, 0.3) is 0 Å². The summed E-state index contributed by atoms with van der Waals surface area (Å²) in [5, 5.41) is 6.90. The standard InChI is InChI=1S/C21H32N4O2/c1-3-22-20(23-15-17-14-19(17)16-8-6-5-7-9-16)24-18-10-12-25(13-11-18)21(26)27-4-2/h5-9,17-19H,3-4,10-15H2,1-2H3,(H2,22,23,24). The highest BCUT2D eigenvalue weighted by Crippen LogP contribution is 2.47. The normalized spacial score (nSPS) is 23.0. The molecule has 1 aromatic carbocycles. The van der Waals surface area contributed by atoms with Crippen LogP contribution in [0.25, 0.3) is 0 Å². The van der Waals surface area contributed by atoms with Gasteiger partial charge in [-0.1, -0.05) is 30.3 Å². The summed E-state index contributed by atoms with van der Waals surface area (Å²) in [4.78, 5) is 18.4. The summed E-state index contributed by atoms with van der Waals surface area (Å²) < 4.78 is 5.09. The number of guanidine groups is 1. The molecule has 2 aliphatic rings. The van der Waals surface area contributed by atoms with E-state index in [4.69, 9.17) is 9.73 Å². The maximum absolute atomic E-state index is 11.8. The predicted molar refractivity (Wildman–Crippen MR) is 108 cm³/mol. The van der Waals surface area contributed by atoms with Gasteiger partial charge in [-0.25, -0.2) is 4.79 Å². The molecule has 1 saturated carbocycles. The second-order valence-corrected chi connectivity index (χ2v) is 7.34. The van der Waals surface area contributed by atoms with Crippen LogP contribution < -0.4 is 10.6 Å². The second kappa shape index (κ2) is 9.62. The first-order valence-electron chi connectivity index (χ1n) is 10.2. The Hall–Kier alpha value is -2.24. The van der Waals surface area contributed by atoms with Crippen LogP contribution in [0.4, 0.5) is 4.79 Å². The van der Waals surface area contributed by atoms with E-state index in [9.17, 15) is 4.79 Å². The molecule has 1 aromatic rings. The number of hydrogen-bond donors (Lipinski definition) is 2. The summed E-state index contributed by atoms with van der Waals surface area (Å²) in [7, 11) is 0. The smallest absolute Gasteiger partial charge is 0.409 e. The highest BCUT2D eigenvalue weighted by molar-refractivity contribution is 5.80. The third-order valence-electron chi connectivity index (χ3n) is 5.34. The van der Waals surface area contributed by atoms with Crippen molar-refractivity contribution in [2.45, 2.75) is 45.1 Å². The number of aliphatic imine (C=N–C) groups is 1. The molecule has 27 heavy (non-hydrogen) atoms. The van der Waals surface area contributed by atoms with Gasteiger partial charge >= 0.3 is 6.09 Å². The van der Waals surface area contributed by atoms with E-state index in [1.807, 2.05) is 6.92 Å². The van der Waals surface area contributed by atoms with Crippen LogP contribution in [-0.2, 0) is 4.74 Å². The third-order valence-corrected chi connectivity index (χ3v) is 5.34. The summed E-state index contributed by atoms with van der Waals surface area (Å²) in [5.41, 5.74) is 1.43. The van der Waals surface area contributed by atoms with Crippen molar-refractivity contribution in [3.63, 3.8) is 0 Å². The molecule has 0 bridgehead atoms. The highest BCUT2D eigenvalue weighted by Gasteiger charge is 2.37. The lowest BCUT2D eigenvalue weighted by molar-refractivity contribution is 0.0963. The first-order valence-corrected chi connectivity index (χ1v) is 10.2. The highest BCUT2D eigenvalue weighted by atomic mass is 16.6. The van der Waals surface area contributed by atoms with Crippen molar-refractivity contribution in [2.24, 2.45) is 10.9 Å². The van der Waals surface area contributed by atoms with Crippen molar-refractivity contribution in [3.8, 4) is 0 Å². The molecule has 6 heteroatoms. The average molecular weight is 373 g/mol. The van der Waals surface area contributed by atoms with Gasteiger partial charge < -0.3 is 20.3 Å². The Morgan fingerprint density at radius 1 is 1.22 bits per heavy atom. The zero-order chi connectivity index (χ0) is 19.1. The van der Waals surface area contributed by atoms with Crippen molar-refractivity contribution in [1.82, 2.24) is 15.5 Å². The molecule has 2 fully saturated rings. The number of hydrogen-bond acceptors (Lipinski definition) is 3. The molecule has 2 unspecified atom stereocenters. The van der Waals surface area contributed by atoms with Crippen LogP contribution in [0.1, 0.15) is 44.6 Å². The van der Waals surface area contributed by atoms with E-state index < -0.39 is 0 Å². The van der Waals surface area contributed by atoms with Crippen molar-refractivity contribution in [2.75, 3.05) is 32.8 Å². The summed E-state index contributed by atoms with van der Waals surface area (Å²) in [5.74, 6) is 2.20. The van der Waals surface area contributed by atoms with Gasteiger partial charge in [0.2, 0.25) is 0 Å². The van der Waals surface area contributed by atoms with Gasteiger partial charge in [0.1, 0.15) is 0 Å². The molecule has 1 amide bonds. The topological polar surface area (TPSA) is 66.0 Å². The Kier molecular flexibility index (Phi) is 6.96. The van der Waals surface area contributed by atoms with Gasteiger partial charge in [-0.15, -0.1) is 0 Å². The number of nitrogens with one attached hydrogen (secondary N) is 2. The second-order valence-electron chi connectivity index (χ2n) is 7.34. The van der Waals surface area contributed by atoms with Crippen LogP contribution in [0.15, 0.2) is 35.3 Å². The molecule has 1 aliphatic carbocycles. The number of ether oxygens (including phenoxy) is 1. The number of carbonyl (C=O) groups excluding carboxylic acids is 1. The number of likely N-dealkylation sites (tertiary alicyclic amines) is 1. The lowest BCUT2D eigenvalue weighted by atomic mass is 10.1. The van der Waals surface area contributed by atoms with E-state index >= 15 is 0 Å². The fraction of sp³-hybridized carbons (Fsp3) is 0.619. The number of amides is 1. The average Bonchev–Trinajstić information content (AvgIpc) is 3.47. The van der Waals surface area contributed by atoms with Crippen LogP contribution in [0, 0.1) is 5.92 Å². The maximum Gasteiger partial charge on any atom is 0.409 e. The molecule has 0 aromatic heterocycles. The molecular formula is C21H32N4O2. The lowest BCUT2D eigenvalue weighted by Crippen LogP contribution is -2.50. The largest absolute Gasteiger partial charge is 0.450 e. The van der Waals surface area contributed by atoms with Gasteiger partial charge in [0.05, 0.1) is 6.61 Å². The maximum atomic E-state index is 11.8. The Labute approximate surface area is 162 Å². The summed E-state index contributed by atoms with van der Waals surface area (Å²) in [6, 6.07) is 11.1. The van der Waals surface area contributed by atoms with Crippen molar-refractivity contribution < 1.29 is 9.53 Å². The molecule has 2 atom stereocenters. The monoisotopic (exact) mass is 372 g/mol. The molecule has 1 saturated heterocycles. The third kappa shape index (κ3) is 5.62. The summed E-state index contributed by atoms with van der Waals surface area (Å²) >= 11 is 0. The molecule has 1 heterocycles. The van der Waals surface area contributed by atoms with Crippen LogP contribution in [0.5, 0.6) is 0 Å². The van der Waals surface area contributed by atoms with E-state index in [1.54, 1.807) is 4.90 Å². The quantitative estimate of drug-likeness (QED) is 0.595. The molecule has 148 valence electrons. The molecule has 0 spiro atoms. The Bertz CT molecular complexity index is 626. The molecule has 3 rings (SSSR count). The zero-order valence-electron chi connectivity index (χ0n) is 16.5. The number of benzene rings is 1. The van der Waals surface area contributed by atoms with Crippen LogP contribution in [0.3, 0.4) is 0 Å². The van der Waals surface area contributed by atoms with E-state index in [0.717, 1.165) is 45.0 Å². The van der Waals surface area contributed by atoms with E-state index in [0.29, 0.717) is 24.5 Å². The van der Waals surface area contributed by atoms with E-state index in [-0.39, 0.29) is 6.09 Å². The first-order chi connectivity index (χ1) is 13.2.